The Bertz CT molecular complexity index is 1110. The van der Waals surface area contributed by atoms with Gasteiger partial charge in [-0.1, -0.05) is 34.8 Å². The number of hydrogen-bond acceptors (Lipinski definition) is 4. The number of aromatic nitrogens is 1. The highest BCUT2D eigenvalue weighted by atomic mass is 79.9. The summed E-state index contributed by atoms with van der Waals surface area (Å²) in [4.78, 5) is 12.1. The quantitative estimate of drug-likeness (QED) is 0.406. The van der Waals surface area contributed by atoms with Gasteiger partial charge in [0.1, 0.15) is 0 Å². The van der Waals surface area contributed by atoms with Crippen LogP contribution in [-0.2, 0) is 11.8 Å². The smallest absolute Gasteiger partial charge is 0.302 e. The van der Waals surface area contributed by atoms with Crippen molar-refractivity contribution in [3.05, 3.63) is 49.4 Å². The second-order valence-corrected chi connectivity index (χ2v) is 8.06. The minimum atomic E-state index is -0.676. The van der Waals surface area contributed by atoms with Gasteiger partial charge in [-0.25, -0.2) is 0 Å². The van der Waals surface area contributed by atoms with Crippen LogP contribution in [0.15, 0.2) is 39.0 Å². The zero-order chi connectivity index (χ0) is 20.6. The maximum absolute atomic E-state index is 12.1. The Morgan fingerprint density at radius 3 is 2.50 bits per heavy atom. The number of carbonyl (C=O) groups excluding carboxylic acids is 1. The molecule has 0 aliphatic heterocycles. The molecule has 0 aliphatic carbocycles. The maximum Gasteiger partial charge on any atom is 0.302 e. The molecule has 0 spiro atoms. The molecule has 1 N–H and O–H groups in total. The number of fused-ring (bicyclic) bond motifs is 1. The van der Waals surface area contributed by atoms with E-state index in [1.165, 1.54) is 12.1 Å². The van der Waals surface area contributed by atoms with Crippen LogP contribution in [0.25, 0.3) is 10.9 Å². The van der Waals surface area contributed by atoms with E-state index in [2.05, 4.69) is 26.2 Å². The van der Waals surface area contributed by atoms with Crippen molar-refractivity contribution in [2.75, 3.05) is 6.61 Å². The monoisotopic (exact) mass is 503 g/mol. The largest absolute Gasteiger partial charge is 0.493 e. The normalized spacial score (nSPS) is 11.5. The van der Waals surface area contributed by atoms with E-state index in [9.17, 15) is 9.90 Å². The van der Waals surface area contributed by atoms with Gasteiger partial charge in [-0.3, -0.25) is 4.79 Å². The van der Waals surface area contributed by atoms with Crippen LogP contribution < -0.4 is 4.74 Å². The molecule has 3 aromatic rings. The topological polar surface area (TPSA) is 76.2 Å². The van der Waals surface area contributed by atoms with Crippen molar-refractivity contribution in [3.8, 4) is 11.6 Å². The van der Waals surface area contributed by atoms with Crippen LogP contribution in [0.1, 0.15) is 5.56 Å². The van der Waals surface area contributed by atoms with E-state index in [0.29, 0.717) is 10.4 Å². The van der Waals surface area contributed by atoms with Gasteiger partial charge in [0.2, 0.25) is 5.88 Å². The number of ether oxygens (including phenoxy) is 1. The molecule has 0 bridgehead atoms. The number of azo groups is 1. The summed E-state index contributed by atoms with van der Waals surface area (Å²) >= 11 is 21.3. The Kier molecular flexibility index (Phi) is 6.19. The molecule has 1 amide bonds. The van der Waals surface area contributed by atoms with Crippen molar-refractivity contribution < 1.29 is 14.6 Å². The first kappa shape index (κ1) is 20.9. The van der Waals surface area contributed by atoms with Crippen molar-refractivity contribution in [2.45, 2.75) is 6.92 Å². The fraction of sp³-hybridized carbons (Fsp3) is 0.167. The number of amides is 1. The van der Waals surface area contributed by atoms with E-state index in [4.69, 9.17) is 39.5 Å². The van der Waals surface area contributed by atoms with Crippen LogP contribution in [0.2, 0.25) is 15.1 Å². The number of halogens is 4. The molecular weight excluding hydrogens is 492 g/mol. The second-order valence-electron chi connectivity index (χ2n) is 5.96. The lowest BCUT2D eigenvalue weighted by Crippen LogP contribution is -2.08. The van der Waals surface area contributed by atoms with E-state index in [0.717, 1.165) is 15.6 Å². The van der Waals surface area contributed by atoms with Crippen molar-refractivity contribution in [3.63, 3.8) is 0 Å². The molecule has 28 heavy (non-hydrogen) atoms. The number of aromatic hydroxyl groups is 1. The molecule has 0 unspecified atom stereocenters. The standard InChI is InChI=1S/C18H13BrCl3N3O3/c1-8-3-10-15(18(27)25(2)16(10)11(19)4-8)24-23-14(26)7-28-17-12(21)5-9(20)6-13(17)22/h3-6,27H,7H2,1-2H3. The third kappa shape index (κ3) is 4.12. The van der Waals surface area contributed by atoms with Gasteiger partial charge in [0.25, 0.3) is 0 Å². The maximum atomic E-state index is 12.1. The Balaban J connectivity index is 1.83. The molecule has 2 aromatic carbocycles. The molecule has 1 heterocycles. The number of benzene rings is 2. The molecule has 0 radical (unpaired) electrons. The first-order valence-corrected chi connectivity index (χ1v) is 9.81. The summed E-state index contributed by atoms with van der Waals surface area (Å²) in [6, 6.07) is 6.67. The van der Waals surface area contributed by atoms with E-state index in [1.54, 1.807) is 11.6 Å². The SMILES string of the molecule is Cc1cc(Br)c2c(c1)c(N=NC(=O)COc1c(Cl)cc(Cl)cc1Cl)c(O)n2C. The van der Waals surface area contributed by atoms with Crippen LogP contribution in [0, 0.1) is 6.92 Å². The summed E-state index contributed by atoms with van der Waals surface area (Å²) in [6.45, 7) is 1.48. The lowest BCUT2D eigenvalue weighted by atomic mass is 10.1. The predicted octanol–water partition coefficient (Wildman–Crippen LogP) is 6.60. The Morgan fingerprint density at radius 1 is 1.21 bits per heavy atom. The fourth-order valence-corrected chi connectivity index (χ4v) is 4.44. The highest BCUT2D eigenvalue weighted by Gasteiger charge is 2.18. The van der Waals surface area contributed by atoms with Crippen LogP contribution in [0.4, 0.5) is 5.69 Å². The number of hydrogen-bond donors (Lipinski definition) is 1. The van der Waals surface area contributed by atoms with Crippen LogP contribution in [0.5, 0.6) is 11.6 Å². The van der Waals surface area contributed by atoms with Gasteiger partial charge in [0.05, 0.1) is 15.6 Å². The lowest BCUT2D eigenvalue weighted by molar-refractivity contribution is -0.120. The summed E-state index contributed by atoms with van der Waals surface area (Å²) in [5, 5.41) is 19.3. The number of rotatable bonds is 4. The van der Waals surface area contributed by atoms with Crippen molar-refractivity contribution >= 4 is 73.2 Å². The molecule has 0 fully saturated rings. The molecule has 10 heteroatoms. The van der Waals surface area contributed by atoms with Gasteiger partial charge in [0.15, 0.2) is 18.0 Å². The molecule has 0 aliphatic rings. The van der Waals surface area contributed by atoms with Gasteiger partial charge in [0, 0.05) is 21.9 Å². The number of nitrogens with zero attached hydrogens (tertiary/aromatic N) is 3. The highest BCUT2D eigenvalue weighted by molar-refractivity contribution is 9.10. The van der Waals surface area contributed by atoms with Crippen molar-refractivity contribution in [1.82, 2.24) is 4.57 Å². The number of aryl methyl sites for hydroxylation is 2. The minimum Gasteiger partial charge on any atom is -0.493 e. The zero-order valence-electron chi connectivity index (χ0n) is 14.6. The average Bonchev–Trinajstić information content (AvgIpc) is 2.82. The Hall–Kier alpha value is -1.80. The van der Waals surface area contributed by atoms with Crippen molar-refractivity contribution in [1.29, 1.82) is 0 Å². The summed E-state index contributed by atoms with van der Waals surface area (Å²) in [6.07, 6.45) is 0. The molecule has 0 saturated carbocycles. The fourth-order valence-electron chi connectivity index (χ4n) is 2.68. The summed E-state index contributed by atoms with van der Waals surface area (Å²) in [5.41, 5.74) is 1.89. The van der Waals surface area contributed by atoms with Crippen LogP contribution in [-0.4, -0.2) is 22.2 Å². The second kappa shape index (κ2) is 8.29. The molecule has 3 rings (SSSR count). The molecule has 0 atom stereocenters. The molecular formula is C18H13BrCl3N3O3. The molecule has 1 aromatic heterocycles. The first-order chi connectivity index (χ1) is 13.2. The van der Waals surface area contributed by atoms with Crippen LogP contribution in [0.3, 0.4) is 0 Å². The van der Waals surface area contributed by atoms with Gasteiger partial charge in [-0.15, -0.1) is 10.2 Å². The third-order valence-electron chi connectivity index (χ3n) is 3.89. The highest BCUT2D eigenvalue weighted by Crippen LogP contribution is 2.41. The van der Waals surface area contributed by atoms with E-state index in [-0.39, 0.29) is 27.4 Å². The van der Waals surface area contributed by atoms with Crippen molar-refractivity contribution in [2.24, 2.45) is 17.3 Å². The molecule has 146 valence electrons. The zero-order valence-corrected chi connectivity index (χ0v) is 18.5. The summed E-state index contributed by atoms with van der Waals surface area (Å²) < 4.78 is 7.68. The lowest BCUT2D eigenvalue weighted by Gasteiger charge is -2.08. The van der Waals surface area contributed by atoms with Gasteiger partial charge >= 0.3 is 5.91 Å². The van der Waals surface area contributed by atoms with E-state index >= 15 is 0 Å². The first-order valence-electron chi connectivity index (χ1n) is 7.88. The Labute approximate surface area is 183 Å². The van der Waals surface area contributed by atoms with Gasteiger partial charge in [-0.2, -0.15) is 0 Å². The average molecular weight is 506 g/mol. The summed E-state index contributed by atoms with van der Waals surface area (Å²) in [5.74, 6) is -0.656. The van der Waals surface area contributed by atoms with Crippen LogP contribution >= 0.6 is 50.7 Å². The molecule has 0 saturated heterocycles. The van der Waals surface area contributed by atoms with E-state index < -0.39 is 12.5 Å². The van der Waals surface area contributed by atoms with Gasteiger partial charge in [-0.05, 0) is 52.7 Å². The molecule has 6 nitrogen and oxygen atoms in total. The summed E-state index contributed by atoms with van der Waals surface area (Å²) in [7, 11) is 1.69. The van der Waals surface area contributed by atoms with E-state index in [1.807, 2.05) is 19.1 Å². The third-order valence-corrected chi connectivity index (χ3v) is 5.28. The number of carbonyl (C=O) groups is 1. The predicted molar refractivity (Wildman–Crippen MR) is 114 cm³/mol. The minimum absolute atomic E-state index is 0.109. The Morgan fingerprint density at radius 2 is 1.86 bits per heavy atom. The van der Waals surface area contributed by atoms with Gasteiger partial charge < -0.3 is 14.4 Å².